The maximum atomic E-state index is 11.5. The summed E-state index contributed by atoms with van der Waals surface area (Å²) >= 11 is 29.7. The fraction of sp³-hybridized carbons (Fsp3) is 0. The van der Waals surface area contributed by atoms with Crippen LogP contribution >= 0.6 is 58.0 Å². The fourth-order valence-corrected chi connectivity index (χ4v) is 4.03. The Morgan fingerprint density at radius 1 is 0.808 bits per heavy atom. The van der Waals surface area contributed by atoms with Gasteiger partial charge in [0, 0.05) is 16.7 Å². The molecule has 26 heavy (non-hydrogen) atoms. The van der Waals surface area contributed by atoms with Crippen molar-refractivity contribution < 1.29 is 82.0 Å². The summed E-state index contributed by atoms with van der Waals surface area (Å²) in [6.07, 6.45) is 0. The first-order valence-electron chi connectivity index (χ1n) is 5.80. The minimum absolute atomic E-state index is 0. The van der Waals surface area contributed by atoms with Crippen LogP contribution in [0.4, 0.5) is 0 Å². The number of carboxylic acid groups (broad SMARTS) is 1. The molecule has 0 heterocycles. The number of rotatable bonds is 3. The molecule has 0 unspecified atom stereocenters. The molecule has 0 aliphatic rings. The van der Waals surface area contributed by atoms with E-state index in [1.54, 1.807) is 0 Å². The molecule has 2 rings (SSSR count). The van der Waals surface area contributed by atoms with Crippen molar-refractivity contribution in [2.75, 3.05) is 0 Å². The summed E-state index contributed by atoms with van der Waals surface area (Å²) in [6, 6.07) is 2.97. The molecule has 0 saturated heterocycles. The largest absolute Gasteiger partial charge is 1.00 e. The zero-order valence-electron chi connectivity index (χ0n) is 13.1. The molecule has 0 atom stereocenters. The summed E-state index contributed by atoms with van der Waals surface area (Å²) in [5.41, 5.74) is -1.57. The molecule has 0 N–H and O–H groups in total. The van der Waals surface area contributed by atoms with Crippen LogP contribution in [-0.2, 0) is 10.1 Å². The average Bonchev–Trinajstić information content (AvgIpc) is 2.50. The third-order valence-electron chi connectivity index (χ3n) is 2.98. The van der Waals surface area contributed by atoms with Crippen molar-refractivity contribution in [1.82, 2.24) is 0 Å². The van der Waals surface area contributed by atoms with E-state index in [0.717, 1.165) is 18.2 Å². The van der Waals surface area contributed by atoms with Crippen molar-refractivity contribution >= 4 is 74.1 Å². The van der Waals surface area contributed by atoms with E-state index in [2.05, 4.69) is 0 Å². The van der Waals surface area contributed by atoms with Gasteiger partial charge in [-0.3, -0.25) is 0 Å². The number of carbonyl (C=O) groups excluding carboxylic acids is 1. The maximum absolute atomic E-state index is 11.5. The van der Waals surface area contributed by atoms with E-state index in [-0.39, 0.29) is 89.8 Å². The second kappa shape index (κ2) is 10.3. The molecule has 0 bridgehead atoms. The smallest absolute Gasteiger partial charge is 0.744 e. The van der Waals surface area contributed by atoms with Crippen LogP contribution in [0.25, 0.3) is 11.1 Å². The van der Waals surface area contributed by atoms with Crippen molar-refractivity contribution in [1.29, 1.82) is 0 Å². The molecule has 128 valence electrons. The van der Waals surface area contributed by atoms with Crippen LogP contribution in [0.15, 0.2) is 23.1 Å². The Kier molecular flexibility index (Phi) is 10.8. The Morgan fingerprint density at radius 2 is 1.23 bits per heavy atom. The van der Waals surface area contributed by atoms with Gasteiger partial charge in [-0.1, -0.05) is 70.1 Å². The monoisotopic (exact) mass is 492 g/mol. The molecule has 0 fully saturated rings. The molecule has 0 spiro atoms. The molecule has 0 amide bonds. The SMILES string of the molecule is O=C([O-])c1cccc(S(=O)(=O)[O-])c1-c1c(Cl)c(Cl)c(Cl)c(Cl)c1Cl.[Na+].[Na+]. The Balaban J connectivity index is 0.00000312. The van der Waals surface area contributed by atoms with Gasteiger partial charge in [0.1, 0.15) is 10.1 Å². The van der Waals surface area contributed by atoms with E-state index < -0.39 is 32.1 Å². The van der Waals surface area contributed by atoms with Crippen LogP contribution < -0.4 is 64.2 Å². The van der Waals surface area contributed by atoms with Crippen molar-refractivity contribution in [3.8, 4) is 11.1 Å². The third-order valence-corrected chi connectivity index (χ3v) is 6.13. The summed E-state index contributed by atoms with van der Waals surface area (Å²) in [4.78, 5) is 10.5. The zero-order chi connectivity index (χ0) is 18.4. The normalized spacial score (nSPS) is 10.7. The molecule has 0 aromatic heterocycles. The van der Waals surface area contributed by atoms with Crippen LogP contribution in [0.3, 0.4) is 0 Å². The third kappa shape index (κ3) is 5.25. The minimum atomic E-state index is -5.08. The van der Waals surface area contributed by atoms with Crippen molar-refractivity contribution in [2.24, 2.45) is 0 Å². The number of carbonyl (C=O) groups is 1. The number of hydrogen-bond donors (Lipinski definition) is 0. The van der Waals surface area contributed by atoms with E-state index >= 15 is 0 Å². The first-order valence-corrected chi connectivity index (χ1v) is 9.10. The number of carboxylic acids is 1. The molecular weight excluding hydrogens is 491 g/mol. The van der Waals surface area contributed by atoms with E-state index in [1.807, 2.05) is 0 Å². The van der Waals surface area contributed by atoms with Gasteiger partial charge in [-0.05, 0) is 6.07 Å². The van der Waals surface area contributed by atoms with Crippen LogP contribution in [0.5, 0.6) is 0 Å². The van der Waals surface area contributed by atoms with Gasteiger partial charge >= 0.3 is 59.1 Å². The molecule has 2 aromatic carbocycles. The molecular formula is C13H3Cl5Na2O5S. The molecule has 13 heteroatoms. The van der Waals surface area contributed by atoms with Gasteiger partial charge in [0.25, 0.3) is 0 Å². The second-order valence-corrected chi connectivity index (χ2v) is 7.60. The van der Waals surface area contributed by atoms with E-state index in [9.17, 15) is 22.9 Å². The first kappa shape index (κ1) is 27.3. The van der Waals surface area contributed by atoms with E-state index in [0.29, 0.717) is 0 Å². The predicted octanol–water partition coefficient (Wildman–Crippen LogP) is -2.10. The van der Waals surface area contributed by atoms with E-state index in [4.69, 9.17) is 58.0 Å². The van der Waals surface area contributed by atoms with Crippen molar-refractivity contribution in [3.05, 3.63) is 48.9 Å². The fourth-order valence-electron chi connectivity index (χ4n) is 1.99. The van der Waals surface area contributed by atoms with Gasteiger partial charge in [-0.15, -0.1) is 0 Å². The van der Waals surface area contributed by atoms with Crippen LogP contribution in [-0.4, -0.2) is 18.9 Å². The van der Waals surface area contributed by atoms with Crippen LogP contribution in [0.2, 0.25) is 25.1 Å². The Hall–Kier alpha value is 1.27. The van der Waals surface area contributed by atoms with Crippen molar-refractivity contribution in [3.63, 3.8) is 0 Å². The van der Waals surface area contributed by atoms with Crippen molar-refractivity contribution in [2.45, 2.75) is 4.90 Å². The molecule has 0 saturated carbocycles. The predicted molar refractivity (Wildman–Crippen MR) is 89.2 cm³/mol. The Bertz CT molecular complexity index is 952. The number of hydrogen-bond acceptors (Lipinski definition) is 5. The quantitative estimate of drug-likeness (QED) is 0.211. The van der Waals surface area contributed by atoms with Gasteiger partial charge < -0.3 is 14.5 Å². The van der Waals surface area contributed by atoms with E-state index in [1.165, 1.54) is 0 Å². The van der Waals surface area contributed by atoms with Gasteiger partial charge in [-0.2, -0.15) is 0 Å². The topological polar surface area (TPSA) is 97.3 Å². The van der Waals surface area contributed by atoms with Crippen LogP contribution in [0.1, 0.15) is 10.4 Å². The molecule has 0 aliphatic carbocycles. The number of halogens is 5. The second-order valence-electron chi connectivity index (χ2n) is 4.37. The Morgan fingerprint density at radius 3 is 1.62 bits per heavy atom. The molecule has 5 nitrogen and oxygen atoms in total. The summed E-state index contributed by atoms with van der Waals surface area (Å²) < 4.78 is 34.5. The van der Waals surface area contributed by atoms with Crippen LogP contribution in [0, 0.1) is 0 Å². The average molecular weight is 494 g/mol. The zero-order valence-corrected chi connectivity index (χ0v) is 21.7. The summed E-state index contributed by atoms with van der Waals surface area (Å²) in [5, 5.41) is 9.83. The maximum Gasteiger partial charge on any atom is 1.00 e. The Labute approximate surface area is 218 Å². The van der Waals surface area contributed by atoms with Gasteiger partial charge in [0.2, 0.25) is 0 Å². The molecule has 0 aliphatic heterocycles. The summed E-state index contributed by atoms with van der Waals surface area (Å²) in [6.45, 7) is 0. The van der Waals surface area contributed by atoms with Gasteiger partial charge in [0.15, 0.2) is 0 Å². The first-order chi connectivity index (χ1) is 11.0. The van der Waals surface area contributed by atoms with Gasteiger partial charge in [-0.25, -0.2) is 8.42 Å². The number of aromatic carboxylic acids is 1. The minimum Gasteiger partial charge on any atom is -0.744 e. The standard InChI is InChI=1S/C13H5Cl5O5S.2Na/c14-8-7(9(15)11(17)12(18)10(8)16)6-4(13(19)20)2-1-3-5(6)24(21,22)23;;/h1-3H,(H,19,20)(H,21,22,23);;/q;2*+1/p-2. The summed E-state index contributed by atoms with van der Waals surface area (Å²) in [5.74, 6) is -1.76. The molecule has 0 radical (unpaired) electrons. The number of benzene rings is 2. The molecule has 2 aromatic rings. The van der Waals surface area contributed by atoms with Gasteiger partial charge in [0.05, 0.1) is 36.0 Å². The summed E-state index contributed by atoms with van der Waals surface area (Å²) in [7, 11) is -5.08.